The molecule has 0 aromatic heterocycles. The number of nitrogens with zero attached hydrogens (tertiary/aromatic N) is 3. The number of carbonyl (C=O) groups excluding carboxylic acids is 1. The van der Waals surface area contributed by atoms with Gasteiger partial charge in [-0.25, -0.2) is 0 Å². The molecule has 12 heteroatoms. The van der Waals surface area contributed by atoms with E-state index in [1.54, 1.807) is 13.8 Å². The highest BCUT2D eigenvalue weighted by Crippen LogP contribution is 2.50. The first-order valence-electron chi connectivity index (χ1n) is 12.9. The number of benzene rings is 2. The summed E-state index contributed by atoms with van der Waals surface area (Å²) in [6.07, 6.45) is -3.56. The molecule has 2 unspecified atom stereocenters. The molecule has 0 bridgehead atoms. The third-order valence-electron chi connectivity index (χ3n) is 6.02. The molecule has 0 aliphatic carbocycles. The molecular weight excluding hydrogens is 525 g/mol. The molecule has 212 valence electrons. The van der Waals surface area contributed by atoms with E-state index in [-0.39, 0.29) is 39.2 Å². The number of rotatable bonds is 15. The van der Waals surface area contributed by atoms with Crippen LogP contribution in [0.25, 0.3) is 10.4 Å². The maximum atomic E-state index is 13.5. The van der Waals surface area contributed by atoms with E-state index in [0.717, 1.165) is 11.1 Å². The van der Waals surface area contributed by atoms with Crippen LogP contribution < -0.4 is 0 Å². The lowest BCUT2D eigenvalue weighted by Gasteiger charge is -2.45. The van der Waals surface area contributed by atoms with Gasteiger partial charge in [0.15, 0.2) is 0 Å². The zero-order valence-corrected chi connectivity index (χ0v) is 23.4. The molecule has 0 spiro atoms. The fourth-order valence-electron chi connectivity index (χ4n) is 4.37. The molecular formula is C27H36N3O8P. The third-order valence-corrected chi connectivity index (χ3v) is 8.13. The van der Waals surface area contributed by atoms with E-state index >= 15 is 0 Å². The van der Waals surface area contributed by atoms with Gasteiger partial charge in [-0.05, 0) is 30.5 Å². The Labute approximate surface area is 228 Å². The highest BCUT2D eigenvalue weighted by Gasteiger charge is 2.50. The van der Waals surface area contributed by atoms with Crippen molar-refractivity contribution in [2.24, 2.45) is 5.11 Å². The molecule has 11 nitrogen and oxygen atoms in total. The van der Waals surface area contributed by atoms with E-state index in [4.69, 9.17) is 28.0 Å². The van der Waals surface area contributed by atoms with Crippen LogP contribution in [-0.2, 0) is 50.6 Å². The fraction of sp³-hybridized carbons (Fsp3) is 0.519. The minimum absolute atomic E-state index is 0.146. The molecule has 2 aromatic carbocycles. The standard InChI is InChI=1S/C27H36N3O8P/c1-4-36-39(32,37-5-2)19-24-25(29-30-28)27(35-17-22-14-10-7-11-15-22)26(23(38-24)18-33-20(3)31)34-16-21-12-8-6-9-13-21/h6-15,23-27H,4-5,16-19H2,1-3H3/t23?,24-,25?,26-,27+/m1/s1. The Kier molecular flexibility index (Phi) is 12.4. The van der Waals surface area contributed by atoms with Gasteiger partial charge in [0.25, 0.3) is 0 Å². The Morgan fingerprint density at radius 1 is 0.923 bits per heavy atom. The second kappa shape index (κ2) is 15.7. The van der Waals surface area contributed by atoms with E-state index in [9.17, 15) is 14.9 Å². The maximum absolute atomic E-state index is 13.5. The van der Waals surface area contributed by atoms with Crippen molar-refractivity contribution in [1.82, 2.24) is 0 Å². The summed E-state index contributed by atoms with van der Waals surface area (Å²) in [6.45, 7) is 5.28. The predicted octanol–water partition coefficient (Wildman–Crippen LogP) is 5.43. The SMILES string of the molecule is CCOP(=O)(C[C@H]1OC(COC(C)=O)[C@@H](OCc2ccccc2)[C@@H](OCc2ccccc2)C1N=[N+]=[N-])OCC. The minimum Gasteiger partial charge on any atom is -0.463 e. The van der Waals surface area contributed by atoms with Gasteiger partial charge in [-0.2, -0.15) is 0 Å². The largest absolute Gasteiger partial charge is 0.463 e. The molecule has 1 aliphatic heterocycles. The molecule has 1 heterocycles. The van der Waals surface area contributed by atoms with E-state index in [2.05, 4.69) is 10.0 Å². The molecule has 2 aromatic rings. The average molecular weight is 562 g/mol. The van der Waals surface area contributed by atoms with E-state index in [1.165, 1.54) is 6.92 Å². The topological polar surface area (TPSA) is 138 Å². The van der Waals surface area contributed by atoms with Crippen LogP contribution in [0.1, 0.15) is 31.9 Å². The summed E-state index contributed by atoms with van der Waals surface area (Å²) in [5.41, 5.74) is 11.3. The lowest BCUT2D eigenvalue weighted by Crippen LogP contribution is -2.60. The average Bonchev–Trinajstić information content (AvgIpc) is 2.92. The van der Waals surface area contributed by atoms with Crippen molar-refractivity contribution in [2.45, 2.75) is 64.4 Å². The summed E-state index contributed by atoms with van der Waals surface area (Å²) < 4.78 is 48.7. The summed E-state index contributed by atoms with van der Waals surface area (Å²) >= 11 is 0. The third kappa shape index (κ3) is 9.44. The van der Waals surface area contributed by atoms with Crippen molar-refractivity contribution in [1.29, 1.82) is 0 Å². The molecule has 0 amide bonds. The number of azide groups is 1. The van der Waals surface area contributed by atoms with Crippen LogP contribution in [-0.4, -0.2) is 62.4 Å². The highest BCUT2D eigenvalue weighted by atomic mass is 31.2. The second-order valence-corrected chi connectivity index (χ2v) is 11.0. The molecule has 39 heavy (non-hydrogen) atoms. The van der Waals surface area contributed by atoms with Crippen LogP contribution in [0.15, 0.2) is 65.8 Å². The van der Waals surface area contributed by atoms with Gasteiger partial charge in [-0.1, -0.05) is 65.8 Å². The van der Waals surface area contributed by atoms with Gasteiger partial charge < -0.3 is 28.0 Å². The van der Waals surface area contributed by atoms with Crippen LogP contribution in [0.4, 0.5) is 0 Å². The van der Waals surface area contributed by atoms with Gasteiger partial charge in [0.1, 0.15) is 18.8 Å². The Morgan fingerprint density at radius 2 is 1.46 bits per heavy atom. The number of hydrogen-bond acceptors (Lipinski definition) is 9. The minimum atomic E-state index is -3.61. The normalized spacial score (nSPS) is 23.1. The van der Waals surface area contributed by atoms with Gasteiger partial charge >= 0.3 is 13.6 Å². The van der Waals surface area contributed by atoms with Crippen LogP contribution in [0.5, 0.6) is 0 Å². The van der Waals surface area contributed by atoms with Crippen molar-refractivity contribution in [3.05, 3.63) is 82.2 Å². The maximum Gasteiger partial charge on any atom is 0.333 e. The Balaban J connectivity index is 1.97. The van der Waals surface area contributed by atoms with Crippen molar-refractivity contribution in [2.75, 3.05) is 26.0 Å². The first-order valence-corrected chi connectivity index (χ1v) is 14.6. The monoisotopic (exact) mass is 561 g/mol. The Bertz CT molecular complexity index is 1110. The smallest absolute Gasteiger partial charge is 0.333 e. The van der Waals surface area contributed by atoms with E-state index < -0.39 is 44.0 Å². The van der Waals surface area contributed by atoms with Crippen molar-refractivity contribution >= 4 is 13.6 Å². The molecule has 1 fully saturated rings. The lowest BCUT2D eigenvalue weighted by atomic mass is 9.93. The Hall–Kier alpha value is -2.75. The summed E-state index contributed by atoms with van der Waals surface area (Å²) in [5, 5.41) is 4.01. The second-order valence-electron chi connectivity index (χ2n) is 8.86. The highest BCUT2D eigenvalue weighted by molar-refractivity contribution is 7.53. The molecule has 0 N–H and O–H groups in total. The van der Waals surface area contributed by atoms with Crippen molar-refractivity contribution < 1.29 is 37.4 Å². The summed E-state index contributed by atoms with van der Waals surface area (Å²) in [4.78, 5) is 14.8. The first kappa shape index (κ1) is 30.8. The Morgan fingerprint density at radius 3 is 1.95 bits per heavy atom. The predicted molar refractivity (Wildman–Crippen MR) is 144 cm³/mol. The summed E-state index contributed by atoms with van der Waals surface area (Å²) in [5.74, 6) is -0.495. The number of carbonyl (C=O) groups is 1. The zero-order valence-electron chi connectivity index (χ0n) is 22.5. The fourth-order valence-corrected chi connectivity index (χ4v) is 6.18. The van der Waals surface area contributed by atoms with Crippen LogP contribution >= 0.6 is 7.60 Å². The van der Waals surface area contributed by atoms with Gasteiger partial charge in [-0.3, -0.25) is 9.36 Å². The van der Waals surface area contributed by atoms with E-state index in [1.807, 2.05) is 60.7 Å². The molecule has 0 radical (unpaired) electrons. The van der Waals surface area contributed by atoms with Crippen molar-refractivity contribution in [3.8, 4) is 0 Å². The summed E-state index contributed by atoms with van der Waals surface area (Å²) in [7, 11) is -3.61. The molecule has 5 atom stereocenters. The van der Waals surface area contributed by atoms with E-state index in [0.29, 0.717) is 0 Å². The number of ether oxygens (including phenoxy) is 4. The first-order chi connectivity index (χ1) is 18.9. The van der Waals surface area contributed by atoms with Crippen molar-refractivity contribution in [3.63, 3.8) is 0 Å². The van der Waals surface area contributed by atoms with Crippen LogP contribution in [0, 0.1) is 0 Å². The van der Waals surface area contributed by atoms with Crippen LogP contribution in [0.2, 0.25) is 0 Å². The van der Waals surface area contributed by atoms with Gasteiger partial charge in [-0.15, -0.1) is 0 Å². The molecule has 1 saturated heterocycles. The van der Waals surface area contributed by atoms with Gasteiger partial charge in [0.2, 0.25) is 0 Å². The molecule has 1 aliphatic rings. The van der Waals surface area contributed by atoms with Gasteiger partial charge in [0, 0.05) is 11.8 Å². The summed E-state index contributed by atoms with van der Waals surface area (Å²) in [6, 6.07) is 18.1. The molecule has 3 rings (SSSR count). The molecule has 0 saturated carbocycles. The number of hydrogen-bond donors (Lipinski definition) is 0. The van der Waals surface area contributed by atoms with Crippen LogP contribution in [0.3, 0.4) is 0 Å². The lowest BCUT2D eigenvalue weighted by molar-refractivity contribution is -0.223. The zero-order chi connectivity index (χ0) is 28.1. The quantitative estimate of drug-likeness (QED) is 0.0922. The number of esters is 1. The van der Waals surface area contributed by atoms with Gasteiger partial charge in [0.05, 0.1) is 50.8 Å².